The van der Waals surface area contributed by atoms with Crippen LogP contribution in [0.5, 0.6) is 0 Å². The van der Waals surface area contributed by atoms with Gasteiger partial charge in [-0.2, -0.15) is 0 Å². The predicted octanol–water partition coefficient (Wildman–Crippen LogP) is 2.85. The van der Waals surface area contributed by atoms with Crippen LogP contribution in [0.4, 0.5) is 0 Å². The van der Waals surface area contributed by atoms with Gasteiger partial charge in [0.25, 0.3) is 5.91 Å². The summed E-state index contributed by atoms with van der Waals surface area (Å²) in [6.45, 7) is 2.68. The Labute approximate surface area is 114 Å². The fourth-order valence-electron chi connectivity index (χ4n) is 1.33. The van der Waals surface area contributed by atoms with Crippen LogP contribution in [-0.2, 0) is 0 Å². The number of carbonyl (C=O) groups is 1. The second kappa shape index (κ2) is 6.99. The molecule has 0 bridgehead atoms. The van der Waals surface area contributed by atoms with Crippen LogP contribution in [0, 0.1) is 5.92 Å². The molecule has 17 heavy (non-hydrogen) atoms. The number of amides is 1. The Morgan fingerprint density at radius 1 is 1.59 bits per heavy atom. The van der Waals surface area contributed by atoms with E-state index in [4.69, 9.17) is 16.7 Å². The van der Waals surface area contributed by atoms with Crippen molar-refractivity contribution < 1.29 is 9.90 Å². The lowest BCUT2D eigenvalue weighted by Crippen LogP contribution is -2.28. The number of benzene rings is 1. The minimum Gasteiger partial charge on any atom is -0.396 e. The lowest BCUT2D eigenvalue weighted by molar-refractivity contribution is 0.0945. The molecule has 1 rings (SSSR count). The van der Waals surface area contributed by atoms with E-state index in [9.17, 15) is 4.79 Å². The van der Waals surface area contributed by atoms with Crippen molar-refractivity contribution in [3.05, 3.63) is 33.3 Å². The molecule has 1 amide bonds. The highest BCUT2D eigenvalue weighted by Crippen LogP contribution is 2.23. The normalized spacial score (nSPS) is 12.2. The maximum Gasteiger partial charge on any atom is 0.251 e. The van der Waals surface area contributed by atoms with Crippen LogP contribution in [0.2, 0.25) is 5.02 Å². The summed E-state index contributed by atoms with van der Waals surface area (Å²) in [6, 6.07) is 5.05. The zero-order valence-electron chi connectivity index (χ0n) is 9.54. The van der Waals surface area contributed by atoms with Gasteiger partial charge in [-0.3, -0.25) is 4.79 Å². The first-order valence-electron chi connectivity index (χ1n) is 5.38. The molecule has 5 heteroatoms. The molecule has 0 aliphatic heterocycles. The van der Waals surface area contributed by atoms with Crippen LogP contribution in [0.1, 0.15) is 23.7 Å². The number of aliphatic hydroxyl groups excluding tert-OH is 1. The fourth-order valence-corrected chi connectivity index (χ4v) is 1.83. The van der Waals surface area contributed by atoms with Gasteiger partial charge in [-0.25, -0.2) is 0 Å². The quantitative estimate of drug-likeness (QED) is 0.876. The summed E-state index contributed by atoms with van der Waals surface area (Å²) in [5.41, 5.74) is 0.567. The van der Waals surface area contributed by atoms with Crippen LogP contribution < -0.4 is 5.32 Å². The van der Waals surface area contributed by atoms with Gasteiger partial charge in [-0.05, 0) is 46.5 Å². The van der Waals surface area contributed by atoms with E-state index >= 15 is 0 Å². The van der Waals surface area contributed by atoms with Crippen LogP contribution in [0.25, 0.3) is 0 Å². The zero-order valence-corrected chi connectivity index (χ0v) is 11.9. The Hall–Kier alpha value is -0.580. The van der Waals surface area contributed by atoms with E-state index in [1.165, 1.54) is 0 Å². The van der Waals surface area contributed by atoms with Gasteiger partial charge < -0.3 is 10.4 Å². The van der Waals surface area contributed by atoms with Crippen LogP contribution in [0.15, 0.2) is 22.7 Å². The van der Waals surface area contributed by atoms with Crippen molar-refractivity contribution in [1.29, 1.82) is 0 Å². The summed E-state index contributed by atoms with van der Waals surface area (Å²) in [4.78, 5) is 11.8. The summed E-state index contributed by atoms with van der Waals surface area (Å²) in [5, 5.41) is 12.1. The van der Waals surface area contributed by atoms with Crippen molar-refractivity contribution in [2.24, 2.45) is 5.92 Å². The Morgan fingerprint density at radius 3 is 2.88 bits per heavy atom. The lowest BCUT2D eigenvalue weighted by Gasteiger charge is -2.11. The molecule has 0 aliphatic rings. The first-order valence-corrected chi connectivity index (χ1v) is 6.55. The molecule has 0 fully saturated rings. The van der Waals surface area contributed by atoms with Gasteiger partial charge in [0.15, 0.2) is 0 Å². The third kappa shape index (κ3) is 4.66. The minimum atomic E-state index is -0.132. The summed E-state index contributed by atoms with van der Waals surface area (Å²) >= 11 is 9.12. The predicted molar refractivity (Wildman–Crippen MR) is 72.4 cm³/mol. The number of halogens is 2. The Balaban J connectivity index is 2.55. The molecular weight excluding hydrogens is 305 g/mol. The van der Waals surface area contributed by atoms with Crippen molar-refractivity contribution >= 4 is 33.4 Å². The number of nitrogens with one attached hydrogen (secondary N) is 1. The van der Waals surface area contributed by atoms with E-state index in [1.807, 2.05) is 6.92 Å². The van der Waals surface area contributed by atoms with Crippen LogP contribution in [0.3, 0.4) is 0 Å². The third-order valence-corrected chi connectivity index (χ3v) is 3.63. The van der Waals surface area contributed by atoms with E-state index in [1.54, 1.807) is 18.2 Å². The molecule has 1 unspecified atom stereocenters. The van der Waals surface area contributed by atoms with Crippen molar-refractivity contribution in [2.45, 2.75) is 13.3 Å². The minimum absolute atomic E-state index is 0.132. The summed E-state index contributed by atoms with van der Waals surface area (Å²) in [5.74, 6) is 0.131. The number of carbonyl (C=O) groups excluding carboxylic acids is 1. The van der Waals surface area contributed by atoms with E-state index in [0.29, 0.717) is 28.0 Å². The molecular formula is C12H15BrClNO2. The molecule has 0 aliphatic carbocycles. The molecule has 0 aromatic heterocycles. The van der Waals surface area contributed by atoms with Crippen molar-refractivity contribution in [2.75, 3.05) is 13.2 Å². The van der Waals surface area contributed by atoms with Crippen molar-refractivity contribution in [1.82, 2.24) is 5.32 Å². The molecule has 2 N–H and O–H groups in total. The van der Waals surface area contributed by atoms with E-state index in [0.717, 1.165) is 0 Å². The van der Waals surface area contributed by atoms with Gasteiger partial charge in [0.1, 0.15) is 0 Å². The smallest absolute Gasteiger partial charge is 0.251 e. The average Bonchev–Trinajstić information content (AvgIpc) is 2.30. The molecule has 0 radical (unpaired) electrons. The molecule has 0 heterocycles. The second-order valence-corrected chi connectivity index (χ2v) is 5.22. The number of aliphatic hydroxyl groups is 1. The molecule has 1 aromatic rings. The summed E-state index contributed by atoms with van der Waals surface area (Å²) in [7, 11) is 0. The zero-order chi connectivity index (χ0) is 12.8. The lowest BCUT2D eigenvalue weighted by atomic mass is 10.1. The third-order valence-electron chi connectivity index (χ3n) is 2.41. The van der Waals surface area contributed by atoms with Gasteiger partial charge in [0, 0.05) is 23.2 Å². The average molecular weight is 321 g/mol. The summed E-state index contributed by atoms with van der Waals surface area (Å²) in [6.07, 6.45) is 0.685. The topological polar surface area (TPSA) is 49.3 Å². The Bertz CT molecular complexity index is 398. The van der Waals surface area contributed by atoms with E-state index in [-0.39, 0.29) is 18.4 Å². The molecule has 1 atom stereocenters. The van der Waals surface area contributed by atoms with Crippen molar-refractivity contribution in [3.63, 3.8) is 0 Å². The van der Waals surface area contributed by atoms with Crippen LogP contribution >= 0.6 is 27.5 Å². The second-order valence-electron chi connectivity index (χ2n) is 3.96. The highest BCUT2D eigenvalue weighted by Gasteiger charge is 2.09. The van der Waals surface area contributed by atoms with Gasteiger partial charge in [0.05, 0.1) is 5.02 Å². The van der Waals surface area contributed by atoms with E-state index in [2.05, 4.69) is 21.2 Å². The molecule has 3 nitrogen and oxygen atoms in total. The molecule has 1 aromatic carbocycles. The van der Waals surface area contributed by atoms with E-state index < -0.39 is 0 Å². The molecule has 0 saturated heterocycles. The highest BCUT2D eigenvalue weighted by molar-refractivity contribution is 9.10. The summed E-state index contributed by atoms with van der Waals surface area (Å²) < 4.78 is 0.704. The maximum atomic E-state index is 11.8. The monoisotopic (exact) mass is 319 g/mol. The van der Waals surface area contributed by atoms with Gasteiger partial charge in [-0.1, -0.05) is 18.5 Å². The molecule has 0 saturated carbocycles. The highest BCUT2D eigenvalue weighted by atomic mass is 79.9. The Kier molecular flexibility index (Phi) is 5.95. The van der Waals surface area contributed by atoms with Crippen molar-refractivity contribution in [3.8, 4) is 0 Å². The Morgan fingerprint density at radius 2 is 2.29 bits per heavy atom. The fraction of sp³-hybridized carbons (Fsp3) is 0.417. The largest absolute Gasteiger partial charge is 0.396 e. The van der Waals surface area contributed by atoms with Gasteiger partial charge in [0.2, 0.25) is 0 Å². The van der Waals surface area contributed by atoms with Gasteiger partial charge in [-0.15, -0.1) is 0 Å². The van der Waals surface area contributed by atoms with Gasteiger partial charge >= 0.3 is 0 Å². The number of hydrogen-bond acceptors (Lipinski definition) is 2. The van der Waals surface area contributed by atoms with Crippen LogP contribution in [-0.4, -0.2) is 24.2 Å². The first kappa shape index (κ1) is 14.5. The molecule has 94 valence electrons. The first-order chi connectivity index (χ1) is 8.04. The maximum absolute atomic E-state index is 11.8. The standard InChI is InChI=1S/C12H15BrClNO2/c1-8(4-5-16)7-15-12(17)9-2-3-11(14)10(13)6-9/h2-3,6,8,16H,4-5,7H2,1H3,(H,15,17). The SMILES string of the molecule is CC(CCO)CNC(=O)c1ccc(Cl)c(Br)c1. The number of rotatable bonds is 5. The molecule has 0 spiro atoms. The number of hydrogen-bond donors (Lipinski definition) is 2.